The van der Waals surface area contributed by atoms with Crippen molar-refractivity contribution in [2.75, 3.05) is 17.6 Å². The summed E-state index contributed by atoms with van der Waals surface area (Å²) < 4.78 is 0. The molecule has 0 amide bonds. The van der Waals surface area contributed by atoms with Gasteiger partial charge in [-0.15, -0.1) is 0 Å². The number of hydrogen-bond acceptors (Lipinski definition) is 3. The van der Waals surface area contributed by atoms with Gasteiger partial charge >= 0.3 is 0 Å². The molecule has 4 heteroatoms. The highest BCUT2D eigenvalue weighted by Crippen LogP contribution is 2.30. The number of benzene rings is 1. The number of anilines is 2. The van der Waals surface area contributed by atoms with Crippen LogP contribution in [0.2, 0.25) is 0 Å². The second-order valence-corrected chi connectivity index (χ2v) is 6.22. The molecule has 4 N–H and O–H groups in total. The number of nitrogens with two attached hydrogens (primary N) is 1. The van der Waals surface area contributed by atoms with E-state index >= 15 is 0 Å². The van der Waals surface area contributed by atoms with Gasteiger partial charge in [0.25, 0.3) is 0 Å². The van der Waals surface area contributed by atoms with E-state index in [1.165, 1.54) is 32.1 Å². The van der Waals surface area contributed by atoms with Crippen molar-refractivity contribution < 1.29 is 0 Å². The monoisotopic (exact) mass is 272 g/mol. The zero-order valence-corrected chi connectivity index (χ0v) is 12.2. The minimum atomic E-state index is 0.767. The minimum Gasteiger partial charge on any atom is -0.399 e. The maximum atomic E-state index is 5.78. The van der Waals surface area contributed by atoms with Gasteiger partial charge in [-0.2, -0.15) is 0 Å². The van der Waals surface area contributed by atoms with Crippen molar-refractivity contribution in [3.8, 4) is 0 Å². The van der Waals surface area contributed by atoms with E-state index in [-0.39, 0.29) is 0 Å². The molecule has 1 aromatic carbocycles. The third kappa shape index (κ3) is 3.06. The molecule has 0 aliphatic heterocycles. The first-order chi connectivity index (χ1) is 9.70. The molecule has 1 fully saturated rings. The fraction of sp³-hybridized carbons (Fsp3) is 0.562. The molecule has 0 saturated heterocycles. The van der Waals surface area contributed by atoms with Crippen molar-refractivity contribution in [2.45, 2.75) is 39.0 Å². The molecule has 2 aromatic rings. The average Bonchev–Trinajstić information content (AvgIpc) is 2.80. The number of H-pyrrole nitrogens is 1. The van der Waals surface area contributed by atoms with E-state index < -0.39 is 0 Å². The van der Waals surface area contributed by atoms with Crippen molar-refractivity contribution in [1.82, 2.24) is 9.97 Å². The van der Waals surface area contributed by atoms with Crippen molar-refractivity contribution >= 4 is 22.7 Å². The van der Waals surface area contributed by atoms with E-state index in [0.29, 0.717) is 0 Å². The first-order valence-electron chi connectivity index (χ1n) is 7.70. The molecule has 1 aliphatic rings. The second kappa shape index (κ2) is 5.73. The predicted octanol–water partition coefficient (Wildman–Crippen LogP) is 3.77. The Morgan fingerprint density at radius 1 is 1.40 bits per heavy atom. The summed E-state index contributed by atoms with van der Waals surface area (Å²) in [6, 6.07) is 5.77. The third-order valence-electron chi connectivity index (χ3n) is 4.40. The largest absolute Gasteiger partial charge is 0.399 e. The highest BCUT2D eigenvalue weighted by molar-refractivity contribution is 5.80. The maximum absolute atomic E-state index is 5.78. The van der Waals surface area contributed by atoms with Crippen molar-refractivity contribution in [1.29, 1.82) is 0 Å². The van der Waals surface area contributed by atoms with Gasteiger partial charge in [0.2, 0.25) is 5.95 Å². The Morgan fingerprint density at radius 2 is 2.30 bits per heavy atom. The number of aromatic nitrogens is 2. The zero-order valence-electron chi connectivity index (χ0n) is 12.2. The van der Waals surface area contributed by atoms with Gasteiger partial charge in [0, 0.05) is 12.2 Å². The lowest BCUT2D eigenvalue weighted by Gasteiger charge is -2.26. The Balaban J connectivity index is 1.54. The summed E-state index contributed by atoms with van der Waals surface area (Å²) in [5, 5.41) is 3.41. The van der Waals surface area contributed by atoms with E-state index in [4.69, 9.17) is 5.73 Å². The lowest BCUT2D eigenvalue weighted by Crippen LogP contribution is -2.16. The molecule has 0 spiro atoms. The molecule has 0 bridgehead atoms. The second-order valence-electron chi connectivity index (χ2n) is 6.22. The third-order valence-corrected chi connectivity index (χ3v) is 4.40. The number of hydrogen-bond donors (Lipinski definition) is 3. The summed E-state index contributed by atoms with van der Waals surface area (Å²) in [6.07, 6.45) is 6.83. The van der Waals surface area contributed by atoms with Crippen LogP contribution < -0.4 is 11.1 Å². The summed E-state index contributed by atoms with van der Waals surface area (Å²) in [5.41, 5.74) is 8.51. The zero-order chi connectivity index (χ0) is 13.9. The molecule has 1 aromatic heterocycles. The van der Waals surface area contributed by atoms with Gasteiger partial charge < -0.3 is 16.0 Å². The molecule has 1 aliphatic carbocycles. The number of imidazole rings is 1. The van der Waals surface area contributed by atoms with E-state index in [0.717, 1.165) is 41.0 Å². The molecule has 20 heavy (non-hydrogen) atoms. The van der Waals surface area contributed by atoms with Crippen LogP contribution in [0.5, 0.6) is 0 Å². The number of fused-ring (bicyclic) bond motifs is 1. The molecular weight excluding hydrogens is 248 g/mol. The standard InChI is InChI=1S/C16H24N4/c1-11-3-2-4-12(9-11)7-8-18-16-19-14-6-5-13(17)10-15(14)20-16/h5-6,10-12H,2-4,7-9,17H2,1H3,(H2,18,19,20). The van der Waals surface area contributed by atoms with Crippen LogP contribution in [0.4, 0.5) is 11.6 Å². The van der Waals surface area contributed by atoms with Crippen LogP contribution >= 0.6 is 0 Å². The molecule has 4 nitrogen and oxygen atoms in total. The van der Waals surface area contributed by atoms with Crippen LogP contribution in [0.25, 0.3) is 11.0 Å². The number of nitrogens with one attached hydrogen (secondary N) is 2. The quantitative estimate of drug-likeness (QED) is 0.742. The first-order valence-corrected chi connectivity index (χ1v) is 7.70. The van der Waals surface area contributed by atoms with Crippen LogP contribution in [0.15, 0.2) is 18.2 Å². The summed E-state index contributed by atoms with van der Waals surface area (Å²) in [4.78, 5) is 7.81. The molecule has 1 heterocycles. The van der Waals surface area contributed by atoms with Crippen molar-refractivity contribution in [2.24, 2.45) is 11.8 Å². The van der Waals surface area contributed by atoms with Gasteiger partial charge in [0.15, 0.2) is 0 Å². The van der Waals surface area contributed by atoms with Gasteiger partial charge in [-0.05, 0) is 42.9 Å². The summed E-state index contributed by atoms with van der Waals surface area (Å²) in [7, 11) is 0. The Morgan fingerprint density at radius 3 is 3.15 bits per heavy atom. The molecule has 2 unspecified atom stereocenters. The Kier molecular flexibility index (Phi) is 3.81. The highest BCUT2D eigenvalue weighted by Gasteiger charge is 2.18. The molecule has 108 valence electrons. The highest BCUT2D eigenvalue weighted by atomic mass is 15.1. The van der Waals surface area contributed by atoms with E-state index in [1.807, 2.05) is 18.2 Å². The Hall–Kier alpha value is -1.71. The van der Waals surface area contributed by atoms with E-state index in [9.17, 15) is 0 Å². The number of nitrogens with zero attached hydrogens (tertiary/aromatic N) is 1. The van der Waals surface area contributed by atoms with Gasteiger partial charge in [0.05, 0.1) is 11.0 Å². The van der Waals surface area contributed by atoms with Gasteiger partial charge in [0.1, 0.15) is 0 Å². The topological polar surface area (TPSA) is 66.7 Å². The number of rotatable bonds is 4. The Bertz CT molecular complexity index is 575. The lowest BCUT2D eigenvalue weighted by molar-refractivity contribution is 0.274. The molecule has 1 saturated carbocycles. The van der Waals surface area contributed by atoms with Crippen LogP contribution in [0.1, 0.15) is 39.0 Å². The summed E-state index contributed by atoms with van der Waals surface area (Å²) in [5.74, 6) is 2.64. The SMILES string of the molecule is CC1CCCC(CCNc2nc3ccc(N)cc3[nH]2)C1. The van der Waals surface area contributed by atoms with E-state index in [2.05, 4.69) is 22.2 Å². The summed E-state index contributed by atoms with van der Waals surface area (Å²) >= 11 is 0. The number of nitrogen functional groups attached to an aromatic ring is 1. The van der Waals surface area contributed by atoms with Gasteiger partial charge in [-0.25, -0.2) is 4.98 Å². The van der Waals surface area contributed by atoms with Crippen LogP contribution in [-0.4, -0.2) is 16.5 Å². The molecular formula is C16H24N4. The maximum Gasteiger partial charge on any atom is 0.201 e. The predicted molar refractivity (Wildman–Crippen MR) is 84.7 cm³/mol. The van der Waals surface area contributed by atoms with Crippen LogP contribution in [0, 0.1) is 11.8 Å². The fourth-order valence-electron chi connectivity index (χ4n) is 3.33. The Labute approximate surface area is 120 Å². The first kappa shape index (κ1) is 13.3. The summed E-state index contributed by atoms with van der Waals surface area (Å²) in [6.45, 7) is 3.37. The molecule has 0 radical (unpaired) electrons. The molecule has 3 rings (SSSR count). The van der Waals surface area contributed by atoms with E-state index in [1.54, 1.807) is 0 Å². The van der Waals surface area contributed by atoms with Gasteiger partial charge in [-0.3, -0.25) is 0 Å². The normalized spacial score (nSPS) is 23.1. The van der Waals surface area contributed by atoms with Crippen LogP contribution in [-0.2, 0) is 0 Å². The lowest BCUT2D eigenvalue weighted by atomic mass is 9.81. The van der Waals surface area contributed by atoms with Crippen LogP contribution in [0.3, 0.4) is 0 Å². The van der Waals surface area contributed by atoms with Crippen molar-refractivity contribution in [3.63, 3.8) is 0 Å². The number of aromatic amines is 1. The minimum absolute atomic E-state index is 0.767. The average molecular weight is 272 g/mol. The smallest absolute Gasteiger partial charge is 0.201 e. The molecule has 2 atom stereocenters. The van der Waals surface area contributed by atoms with Crippen molar-refractivity contribution in [3.05, 3.63) is 18.2 Å². The van der Waals surface area contributed by atoms with Gasteiger partial charge in [-0.1, -0.05) is 26.2 Å². The fourth-order valence-corrected chi connectivity index (χ4v) is 3.33.